The van der Waals surface area contributed by atoms with Crippen LogP contribution in [0.3, 0.4) is 0 Å². The van der Waals surface area contributed by atoms with E-state index in [-0.39, 0.29) is 5.54 Å². The van der Waals surface area contributed by atoms with Crippen LogP contribution in [0.2, 0.25) is 0 Å². The van der Waals surface area contributed by atoms with Crippen molar-refractivity contribution >= 4 is 26.7 Å². The number of hydrogen-bond donors (Lipinski definition) is 2. The third-order valence-corrected chi connectivity index (χ3v) is 7.31. The molecule has 2 aliphatic rings. The fraction of sp³-hybridized carbons (Fsp3) is 0.556. The molecule has 1 heterocycles. The number of likely N-dealkylation sites (N-methyl/N-ethyl adjacent to an activating group) is 1. The zero-order valence-corrected chi connectivity index (χ0v) is 16.0. The summed E-state index contributed by atoms with van der Waals surface area (Å²) in [6, 6.07) is 7.31. The molecule has 0 saturated heterocycles. The first kappa shape index (κ1) is 18.0. The molecule has 6 heteroatoms. The lowest BCUT2D eigenvalue weighted by Crippen LogP contribution is -2.44. The minimum Gasteiger partial charge on any atom is -0.313 e. The number of rotatable bonds is 5. The van der Waals surface area contributed by atoms with Crippen molar-refractivity contribution < 1.29 is 8.42 Å². The minimum atomic E-state index is -3.15. The molecule has 24 heavy (non-hydrogen) atoms. The largest absolute Gasteiger partial charge is 0.313 e. The third-order valence-electron chi connectivity index (χ3n) is 5.00. The van der Waals surface area contributed by atoms with Crippen molar-refractivity contribution in [3.8, 4) is 0 Å². The summed E-state index contributed by atoms with van der Waals surface area (Å²) in [5, 5.41) is 3.49. The Morgan fingerprint density at radius 3 is 2.42 bits per heavy atom. The molecule has 132 valence electrons. The van der Waals surface area contributed by atoms with Crippen LogP contribution in [0.25, 0.3) is 4.91 Å². The van der Waals surface area contributed by atoms with E-state index < -0.39 is 9.84 Å². The Bertz CT molecular complexity index is 718. The maximum absolute atomic E-state index is 11.7. The molecule has 0 bridgehead atoms. The molecule has 0 aromatic heterocycles. The van der Waals surface area contributed by atoms with E-state index in [9.17, 15) is 8.42 Å². The molecule has 4 nitrogen and oxygen atoms in total. The van der Waals surface area contributed by atoms with Gasteiger partial charge in [0.1, 0.15) is 0 Å². The van der Waals surface area contributed by atoms with E-state index in [1.165, 1.54) is 48.8 Å². The Labute approximate surface area is 149 Å². The van der Waals surface area contributed by atoms with Gasteiger partial charge >= 0.3 is 0 Å². The maximum Gasteiger partial charge on any atom is 0.175 e. The molecule has 0 atom stereocenters. The third kappa shape index (κ3) is 3.57. The molecule has 1 fully saturated rings. The molecule has 1 saturated carbocycles. The van der Waals surface area contributed by atoms with Crippen LogP contribution in [0.5, 0.6) is 0 Å². The van der Waals surface area contributed by atoms with Gasteiger partial charge in [0.25, 0.3) is 0 Å². The van der Waals surface area contributed by atoms with E-state index in [1.54, 1.807) is 24.1 Å². The second-order valence-corrected chi connectivity index (χ2v) is 9.56. The quantitative estimate of drug-likeness (QED) is 0.783. The summed E-state index contributed by atoms with van der Waals surface area (Å²) in [4.78, 5) is 1.64. The normalized spacial score (nSPS) is 20.8. The average molecular weight is 367 g/mol. The second kappa shape index (κ2) is 7.20. The monoisotopic (exact) mass is 366 g/mol. The van der Waals surface area contributed by atoms with E-state index in [2.05, 4.69) is 17.0 Å². The Morgan fingerprint density at radius 2 is 1.83 bits per heavy atom. The summed E-state index contributed by atoms with van der Waals surface area (Å²) < 4.78 is 27.1. The zero-order valence-electron chi connectivity index (χ0n) is 14.4. The highest BCUT2D eigenvalue weighted by Gasteiger charge is 2.41. The molecule has 0 amide bonds. The second-order valence-electron chi connectivity index (χ2n) is 6.73. The average Bonchev–Trinajstić information content (AvgIpc) is 2.91. The Hall–Kier alpha value is -0.820. The van der Waals surface area contributed by atoms with Gasteiger partial charge < -0.3 is 5.32 Å². The first-order valence-corrected chi connectivity index (χ1v) is 11.4. The van der Waals surface area contributed by atoms with Crippen LogP contribution in [0, 0.1) is 0 Å². The van der Waals surface area contributed by atoms with Crippen LogP contribution in [-0.2, 0) is 9.84 Å². The number of benzene rings is 1. The molecule has 0 radical (unpaired) electrons. The summed E-state index contributed by atoms with van der Waals surface area (Å²) in [5.41, 5.74) is 2.66. The van der Waals surface area contributed by atoms with E-state index in [0.717, 1.165) is 18.7 Å². The van der Waals surface area contributed by atoms with Crippen molar-refractivity contribution in [2.24, 2.45) is 0 Å². The Morgan fingerprint density at radius 1 is 1.17 bits per heavy atom. The standard InChI is InChI=1S/C18H26N2O2S2/c1-3-19-13-16-17(23-20-18(16)11-5-4-6-12-18)14-7-9-15(10-8-14)24(2,21)22/h7-10,19-20H,3-6,11-13H2,1-2H3. The van der Waals surface area contributed by atoms with Gasteiger partial charge in [0.05, 0.1) is 10.4 Å². The molecule has 1 aromatic rings. The zero-order chi connectivity index (χ0) is 17.2. The predicted molar refractivity (Wildman–Crippen MR) is 102 cm³/mol. The summed E-state index contributed by atoms with van der Waals surface area (Å²) in [6.45, 7) is 3.97. The van der Waals surface area contributed by atoms with E-state index >= 15 is 0 Å². The Kier molecular flexibility index (Phi) is 5.39. The summed E-state index contributed by atoms with van der Waals surface area (Å²) in [7, 11) is -3.15. The Balaban J connectivity index is 1.97. The van der Waals surface area contributed by atoms with Gasteiger partial charge in [-0.25, -0.2) is 13.1 Å². The smallest absolute Gasteiger partial charge is 0.175 e. The van der Waals surface area contributed by atoms with Crippen molar-refractivity contribution in [3.63, 3.8) is 0 Å². The van der Waals surface area contributed by atoms with Crippen molar-refractivity contribution in [1.29, 1.82) is 0 Å². The maximum atomic E-state index is 11.7. The molecule has 1 spiro atoms. The van der Waals surface area contributed by atoms with Crippen molar-refractivity contribution in [2.75, 3.05) is 19.3 Å². The van der Waals surface area contributed by atoms with Crippen LogP contribution in [0.15, 0.2) is 34.7 Å². The fourth-order valence-electron chi connectivity index (χ4n) is 3.63. The molecule has 2 N–H and O–H groups in total. The first-order chi connectivity index (χ1) is 11.5. The molecule has 1 aliphatic carbocycles. The van der Waals surface area contributed by atoms with Gasteiger partial charge in [-0.15, -0.1) is 0 Å². The van der Waals surface area contributed by atoms with E-state index in [0.29, 0.717) is 4.90 Å². The lowest BCUT2D eigenvalue weighted by Gasteiger charge is -2.36. The summed E-state index contributed by atoms with van der Waals surface area (Å²) in [6.07, 6.45) is 7.48. The molecule has 1 aliphatic heterocycles. The van der Waals surface area contributed by atoms with Crippen molar-refractivity contribution in [2.45, 2.75) is 49.5 Å². The lowest BCUT2D eigenvalue weighted by molar-refractivity contribution is 0.321. The van der Waals surface area contributed by atoms with Gasteiger partial charge in [-0.3, -0.25) is 0 Å². The topological polar surface area (TPSA) is 58.2 Å². The molecule has 1 aromatic carbocycles. The van der Waals surface area contributed by atoms with Gasteiger partial charge in [0, 0.05) is 17.7 Å². The first-order valence-electron chi connectivity index (χ1n) is 8.65. The molecular weight excluding hydrogens is 340 g/mol. The number of nitrogens with one attached hydrogen (secondary N) is 2. The van der Waals surface area contributed by atoms with Gasteiger partial charge in [-0.2, -0.15) is 0 Å². The molecular formula is C18H26N2O2S2. The van der Waals surface area contributed by atoms with Crippen LogP contribution in [0.4, 0.5) is 0 Å². The predicted octanol–water partition coefficient (Wildman–Crippen LogP) is 3.37. The van der Waals surface area contributed by atoms with Gasteiger partial charge in [0.2, 0.25) is 0 Å². The van der Waals surface area contributed by atoms with Gasteiger partial charge in [0.15, 0.2) is 9.84 Å². The lowest BCUT2D eigenvalue weighted by atomic mass is 9.76. The van der Waals surface area contributed by atoms with Crippen LogP contribution >= 0.6 is 11.9 Å². The van der Waals surface area contributed by atoms with Crippen LogP contribution < -0.4 is 10.0 Å². The highest BCUT2D eigenvalue weighted by Crippen LogP contribution is 2.48. The van der Waals surface area contributed by atoms with Crippen molar-refractivity contribution in [3.05, 3.63) is 35.4 Å². The van der Waals surface area contributed by atoms with Crippen LogP contribution in [-0.4, -0.2) is 33.3 Å². The summed E-state index contributed by atoms with van der Waals surface area (Å²) in [5.74, 6) is 0. The number of sulfone groups is 1. The van der Waals surface area contributed by atoms with Gasteiger partial charge in [-0.1, -0.05) is 38.3 Å². The highest BCUT2D eigenvalue weighted by molar-refractivity contribution is 8.07. The van der Waals surface area contributed by atoms with Crippen LogP contribution in [0.1, 0.15) is 44.6 Å². The van der Waals surface area contributed by atoms with Gasteiger partial charge in [-0.05, 0) is 54.6 Å². The molecule has 3 rings (SSSR count). The number of hydrogen-bond acceptors (Lipinski definition) is 5. The van der Waals surface area contributed by atoms with E-state index in [4.69, 9.17) is 0 Å². The minimum absolute atomic E-state index is 0.107. The summed E-state index contributed by atoms with van der Waals surface area (Å²) >= 11 is 1.71. The molecule has 0 unspecified atom stereocenters. The fourth-order valence-corrected chi connectivity index (χ4v) is 5.53. The van der Waals surface area contributed by atoms with Crippen molar-refractivity contribution in [1.82, 2.24) is 10.0 Å². The van der Waals surface area contributed by atoms with E-state index in [1.807, 2.05) is 12.1 Å². The highest BCUT2D eigenvalue weighted by atomic mass is 32.2. The SMILES string of the molecule is CCNCC1=C(c2ccc(S(C)(=O)=O)cc2)SNC12CCCCC2.